The van der Waals surface area contributed by atoms with E-state index in [1.165, 1.54) is 5.56 Å². The van der Waals surface area contributed by atoms with Crippen molar-refractivity contribution in [3.8, 4) is 0 Å². The summed E-state index contributed by atoms with van der Waals surface area (Å²) in [5.74, 6) is -0.695. The number of para-hydroxylation sites is 1. The third kappa shape index (κ3) is 4.27. The van der Waals surface area contributed by atoms with Crippen molar-refractivity contribution in [2.45, 2.75) is 12.8 Å². The van der Waals surface area contributed by atoms with E-state index in [1.807, 2.05) is 60.7 Å². The molecule has 4 nitrogen and oxygen atoms in total. The number of Topliss-reactive ketones (excluding diaryl/α,β-unsaturated/α-hetero) is 1. The Bertz CT molecular complexity index is 1140. The fourth-order valence-electron chi connectivity index (χ4n) is 3.45. The third-order valence-corrected chi connectivity index (χ3v) is 4.99. The number of benzene rings is 3. The highest BCUT2D eigenvalue weighted by Crippen LogP contribution is 2.19. The van der Waals surface area contributed by atoms with Gasteiger partial charge in [-0.05, 0) is 36.1 Å². The first-order valence-electron chi connectivity index (χ1n) is 9.60. The van der Waals surface area contributed by atoms with Crippen molar-refractivity contribution in [3.05, 3.63) is 107 Å². The average molecular weight is 383 g/mol. The summed E-state index contributed by atoms with van der Waals surface area (Å²) < 4.78 is 5.35. The minimum absolute atomic E-state index is 0.224. The average Bonchev–Trinajstić information content (AvgIpc) is 3.21. The number of aryl methyl sites for hydroxylation is 2. The van der Waals surface area contributed by atoms with E-state index in [2.05, 4.69) is 17.1 Å². The second-order valence-electron chi connectivity index (χ2n) is 6.89. The number of H-pyrrole nitrogens is 1. The summed E-state index contributed by atoms with van der Waals surface area (Å²) in [5, 5.41) is 0.830. The molecule has 0 saturated carbocycles. The van der Waals surface area contributed by atoms with E-state index in [0.717, 1.165) is 29.3 Å². The molecular weight excluding hydrogens is 362 g/mol. The van der Waals surface area contributed by atoms with Crippen molar-refractivity contribution in [1.82, 2.24) is 4.98 Å². The lowest BCUT2D eigenvalue weighted by Gasteiger charge is -2.09. The largest absolute Gasteiger partial charge is 0.454 e. The van der Waals surface area contributed by atoms with Gasteiger partial charge in [-0.25, -0.2) is 4.79 Å². The quantitative estimate of drug-likeness (QED) is 0.361. The molecule has 4 heteroatoms. The summed E-state index contributed by atoms with van der Waals surface area (Å²) in [6.07, 6.45) is 3.22. The summed E-state index contributed by atoms with van der Waals surface area (Å²) in [7, 11) is 0. The van der Waals surface area contributed by atoms with Gasteiger partial charge < -0.3 is 9.72 Å². The van der Waals surface area contributed by atoms with Gasteiger partial charge in [-0.1, -0.05) is 66.7 Å². The molecular formula is C25H21NO3. The molecule has 1 heterocycles. The van der Waals surface area contributed by atoms with E-state index in [1.54, 1.807) is 12.3 Å². The van der Waals surface area contributed by atoms with Gasteiger partial charge in [0.1, 0.15) is 0 Å². The first-order chi connectivity index (χ1) is 14.2. The van der Waals surface area contributed by atoms with Gasteiger partial charge in [-0.15, -0.1) is 0 Å². The van der Waals surface area contributed by atoms with Crippen molar-refractivity contribution in [1.29, 1.82) is 0 Å². The van der Waals surface area contributed by atoms with Crippen molar-refractivity contribution >= 4 is 22.7 Å². The Hall–Kier alpha value is -3.66. The van der Waals surface area contributed by atoms with Crippen LogP contribution in [0.4, 0.5) is 0 Å². The number of nitrogens with one attached hydrogen (secondary N) is 1. The number of ether oxygens (including phenoxy) is 1. The van der Waals surface area contributed by atoms with Gasteiger partial charge in [0.2, 0.25) is 5.78 Å². The lowest BCUT2D eigenvalue weighted by Crippen LogP contribution is -2.15. The second-order valence-corrected chi connectivity index (χ2v) is 6.89. The molecule has 0 unspecified atom stereocenters. The van der Waals surface area contributed by atoms with E-state index in [9.17, 15) is 9.59 Å². The zero-order chi connectivity index (χ0) is 20.1. The van der Waals surface area contributed by atoms with Crippen LogP contribution in [0.3, 0.4) is 0 Å². The summed E-state index contributed by atoms with van der Waals surface area (Å²) in [6, 6.07) is 25.1. The van der Waals surface area contributed by atoms with Crippen molar-refractivity contribution in [3.63, 3.8) is 0 Å². The molecule has 3 aromatic carbocycles. The molecule has 4 aromatic rings. The van der Waals surface area contributed by atoms with Crippen LogP contribution in [0.2, 0.25) is 0 Å². The molecule has 0 bridgehead atoms. The monoisotopic (exact) mass is 383 g/mol. The number of aromatic nitrogens is 1. The molecule has 0 spiro atoms. The Balaban J connectivity index is 1.43. The highest BCUT2D eigenvalue weighted by atomic mass is 16.5. The number of ketones is 1. The van der Waals surface area contributed by atoms with Gasteiger partial charge in [-0.2, -0.15) is 0 Å². The Kier molecular flexibility index (Phi) is 5.52. The lowest BCUT2D eigenvalue weighted by atomic mass is 10.00. The van der Waals surface area contributed by atoms with E-state index in [4.69, 9.17) is 4.74 Å². The number of carbonyl (C=O) groups is 2. The molecule has 0 saturated heterocycles. The first-order valence-corrected chi connectivity index (χ1v) is 9.60. The molecule has 0 aliphatic rings. The normalized spacial score (nSPS) is 10.8. The highest BCUT2D eigenvalue weighted by molar-refractivity contribution is 6.09. The number of hydrogen-bond acceptors (Lipinski definition) is 3. The van der Waals surface area contributed by atoms with E-state index in [-0.39, 0.29) is 12.4 Å². The fraction of sp³-hybridized carbons (Fsp3) is 0.120. The minimum Gasteiger partial charge on any atom is -0.454 e. The summed E-state index contributed by atoms with van der Waals surface area (Å²) in [5.41, 5.74) is 4.06. The van der Waals surface area contributed by atoms with E-state index < -0.39 is 5.97 Å². The van der Waals surface area contributed by atoms with Crippen LogP contribution < -0.4 is 0 Å². The molecule has 0 fully saturated rings. The van der Waals surface area contributed by atoms with Crippen LogP contribution in [-0.2, 0) is 17.6 Å². The van der Waals surface area contributed by atoms with Crippen LogP contribution >= 0.6 is 0 Å². The molecule has 144 valence electrons. The van der Waals surface area contributed by atoms with Gasteiger partial charge in [-0.3, -0.25) is 4.79 Å². The molecule has 1 N–H and O–H groups in total. The molecule has 4 rings (SSSR count). The van der Waals surface area contributed by atoms with Gasteiger partial charge in [0.25, 0.3) is 0 Å². The number of aromatic amines is 1. The van der Waals surface area contributed by atoms with Crippen molar-refractivity contribution < 1.29 is 14.3 Å². The van der Waals surface area contributed by atoms with E-state index >= 15 is 0 Å². The predicted molar refractivity (Wildman–Crippen MR) is 113 cm³/mol. The summed E-state index contributed by atoms with van der Waals surface area (Å²) >= 11 is 0. The van der Waals surface area contributed by atoms with Gasteiger partial charge in [0.15, 0.2) is 6.61 Å². The molecule has 0 amide bonds. The fourth-order valence-corrected chi connectivity index (χ4v) is 3.45. The molecule has 0 atom stereocenters. The van der Waals surface area contributed by atoms with E-state index in [0.29, 0.717) is 11.1 Å². The van der Waals surface area contributed by atoms with Crippen molar-refractivity contribution in [2.75, 3.05) is 6.61 Å². The Labute approximate surface area is 169 Å². The Morgan fingerprint density at radius 3 is 2.34 bits per heavy atom. The van der Waals surface area contributed by atoms with Crippen LogP contribution in [0.5, 0.6) is 0 Å². The maximum absolute atomic E-state index is 12.6. The van der Waals surface area contributed by atoms with Gasteiger partial charge in [0, 0.05) is 22.7 Å². The number of fused-ring (bicyclic) bond motifs is 1. The summed E-state index contributed by atoms with van der Waals surface area (Å²) in [4.78, 5) is 28.3. The Morgan fingerprint density at radius 1 is 0.759 bits per heavy atom. The first kappa shape index (κ1) is 18.7. The van der Waals surface area contributed by atoms with Crippen LogP contribution in [0.15, 0.2) is 85.1 Å². The van der Waals surface area contributed by atoms with Crippen LogP contribution in [0.1, 0.15) is 31.8 Å². The summed E-state index contributed by atoms with van der Waals surface area (Å²) in [6.45, 7) is -0.284. The molecule has 29 heavy (non-hydrogen) atoms. The topological polar surface area (TPSA) is 59.2 Å². The zero-order valence-electron chi connectivity index (χ0n) is 15.9. The number of hydrogen-bond donors (Lipinski definition) is 1. The highest BCUT2D eigenvalue weighted by Gasteiger charge is 2.17. The third-order valence-electron chi connectivity index (χ3n) is 4.99. The standard InChI is InChI=1S/C25H21NO3/c27-24(22-16-26-23-13-7-6-12-21(22)23)17-29-25(28)20-11-5-4-10-19(20)15-14-18-8-2-1-3-9-18/h1-13,16,26H,14-15,17H2. The number of rotatable bonds is 7. The van der Waals surface area contributed by atoms with Crippen LogP contribution in [-0.4, -0.2) is 23.3 Å². The molecule has 0 radical (unpaired) electrons. The predicted octanol–water partition coefficient (Wildman–Crippen LogP) is 4.99. The maximum atomic E-state index is 12.6. The van der Waals surface area contributed by atoms with Crippen molar-refractivity contribution in [2.24, 2.45) is 0 Å². The Morgan fingerprint density at radius 2 is 1.48 bits per heavy atom. The molecule has 0 aliphatic heterocycles. The number of esters is 1. The smallest absolute Gasteiger partial charge is 0.338 e. The van der Waals surface area contributed by atoms with Crippen LogP contribution in [0, 0.1) is 0 Å². The molecule has 0 aliphatic carbocycles. The second kappa shape index (κ2) is 8.57. The van der Waals surface area contributed by atoms with Gasteiger partial charge in [0.05, 0.1) is 5.56 Å². The zero-order valence-corrected chi connectivity index (χ0v) is 15.9. The van der Waals surface area contributed by atoms with Crippen LogP contribution in [0.25, 0.3) is 10.9 Å². The number of carbonyl (C=O) groups excluding carboxylic acids is 2. The lowest BCUT2D eigenvalue weighted by molar-refractivity contribution is 0.0474. The minimum atomic E-state index is -0.471. The SMILES string of the molecule is O=C(OCC(=O)c1c[nH]c2ccccc12)c1ccccc1CCc1ccccc1. The maximum Gasteiger partial charge on any atom is 0.338 e. The van der Waals surface area contributed by atoms with Gasteiger partial charge >= 0.3 is 5.97 Å². The molecule has 1 aromatic heterocycles.